The quantitative estimate of drug-likeness (QED) is 0.826. The second kappa shape index (κ2) is 7.60. The van der Waals surface area contributed by atoms with Crippen molar-refractivity contribution in [1.82, 2.24) is 10.2 Å². The molecule has 2 rings (SSSR count). The first kappa shape index (κ1) is 15.3. The van der Waals surface area contributed by atoms with Crippen LogP contribution in [0.5, 0.6) is 0 Å². The minimum absolute atomic E-state index is 0.155. The van der Waals surface area contributed by atoms with Gasteiger partial charge in [0.2, 0.25) is 5.91 Å². The lowest BCUT2D eigenvalue weighted by molar-refractivity contribution is -0.128. The van der Waals surface area contributed by atoms with Crippen LogP contribution in [0.15, 0.2) is 54.6 Å². The topological polar surface area (TPSA) is 32.3 Å². The summed E-state index contributed by atoms with van der Waals surface area (Å²) >= 11 is 0. The molecule has 0 aliphatic carbocycles. The summed E-state index contributed by atoms with van der Waals surface area (Å²) in [4.78, 5) is 13.1. The number of rotatable bonds is 6. The first-order valence-electron chi connectivity index (χ1n) is 7.22. The Hall–Kier alpha value is -2.13. The van der Waals surface area contributed by atoms with Gasteiger partial charge in [-0.15, -0.1) is 0 Å². The van der Waals surface area contributed by atoms with Gasteiger partial charge >= 0.3 is 0 Å². The predicted octanol–water partition coefficient (Wildman–Crippen LogP) is 2.92. The smallest absolute Gasteiger partial charge is 0.223 e. The SMILES string of the molecule is CN(C)C(=O)CCNCc1ccc(-c2ccccc2)cc1. The molecule has 0 heterocycles. The molecule has 3 nitrogen and oxygen atoms in total. The minimum Gasteiger partial charge on any atom is -0.349 e. The Balaban J connectivity index is 1.82. The molecule has 3 heteroatoms. The maximum atomic E-state index is 11.4. The number of nitrogens with one attached hydrogen (secondary N) is 1. The number of hydrogen-bond donors (Lipinski definition) is 1. The van der Waals surface area contributed by atoms with Crippen LogP contribution in [-0.2, 0) is 11.3 Å². The molecule has 0 saturated heterocycles. The molecule has 0 unspecified atom stereocenters. The molecule has 0 aliphatic heterocycles. The molecule has 0 fully saturated rings. The molecule has 1 N–H and O–H groups in total. The summed E-state index contributed by atoms with van der Waals surface area (Å²) < 4.78 is 0. The third-order valence-corrected chi connectivity index (χ3v) is 3.40. The molecule has 1 amide bonds. The van der Waals surface area contributed by atoms with Crippen LogP contribution in [0, 0.1) is 0 Å². The number of amides is 1. The zero-order valence-corrected chi connectivity index (χ0v) is 12.7. The van der Waals surface area contributed by atoms with Crippen molar-refractivity contribution in [3.05, 3.63) is 60.2 Å². The second-order valence-corrected chi connectivity index (χ2v) is 5.28. The van der Waals surface area contributed by atoms with Gasteiger partial charge in [0.1, 0.15) is 0 Å². The first-order valence-corrected chi connectivity index (χ1v) is 7.22. The van der Waals surface area contributed by atoms with Gasteiger partial charge < -0.3 is 10.2 Å². The summed E-state index contributed by atoms with van der Waals surface area (Å²) in [6.45, 7) is 1.49. The fourth-order valence-corrected chi connectivity index (χ4v) is 2.10. The number of nitrogens with zero attached hydrogens (tertiary/aromatic N) is 1. The molecule has 21 heavy (non-hydrogen) atoms. The van der Waals surface area contributed by atoms with Crippen LogP contribution in [0.4, 0.5) is 0 Å². The highest BCUT2D eigenvalue weighted by Crippen LogP contribution is 2.19. The normalized spacial score (nSPS) is 10.4. The summed E-state index contributed by atoms with van der Waals surface area (Å²) in [5.74, 6) is 0.155. The molecule has 0 atom stereocenters. The van der Waals surface area contributed by atoms with Gasteiger partial charge in [0.05, 0.1) is 0 Å². The van der Waals surface area contributed by atoms with Crippen molar-refractivity contribution in [3.8, 4) is 11.1 Å². The van der Waals surface area contributed by atoms with Gasteiger partial charge in [0, 0.05) is 33.6 Å². The van der Waals surface area contributed by atoms with Gasteiger partial charge in [-0.25, -0.2) is 0 Å². The highest BCUT2D eigenvalue weighted by Gasteiger charge is 2.02. The van der Waals surface area contributed by atoms with Gasteiger partial charge in [-0.1, -0.05) is 54.6 Å². The Kier molecular flexibility index (Phi) is 5.52. The molecule has 2 aromatic rings. The lowest BCUT2D eigenvalue weighted by atomic mass is 10.0. The maximum Gasteiger partial charge on any atom is 0.223 e. The van der Waals surface area contributed by atoms with Crippen LogP contribution >= 0.6 is 0 Å². The zero-order chi connectivity index (χ0) is 15.1. The highest BCUT2D eigenvalue weighted by atomic mass is 16.2. The largest absolute Gasteiger partial charge is 0.349 e. The minimum atomic E-state index is 0.155. The van der Waals surface area contributed by atoms with Crippen LogP contribution in [0.2, 0.25) is 0 Å². The summed E-state index contributed by atoms with van der Waals surface area (Å²) in [6.07, 6.45) is 0.537. The summed E-state index contributed by atoms with van der Waals surface area (Å²) in [6, 6.07) is 18.9. The molecule has 0 spiro atoms. The van der Waals surface area contributed by atoms with Gasteiger partial charge in [-0.2, -0.15) is 0 Å². The fraction of sp³-hybridized carbons (Fsp3) is 0.278. The summed E-state index contributed by atoms with van der Waals surface area (Å²) in [5, 5.41) is 3.30. The van der Waals surface area contributed by atoms with Gasteiger partial charge in [0.25, 0.3) is 0 Å². The number of carbonyl (C=O) groups excluding carboxylic acids is 1. The van der Waals surface area contributed by atoms with Crippen LogP contribution in [-0.4, -0.2) is 31.4 Å². The Bertz CT molecular complexity index is 562. The van der Waals surface area contributed by atoms with Crippen molar-refractivity contribution in [2.75, 3.05) is 20.6 Å². The third-order valence-electron chi connectivity index (χ3n) is 3.40. The van der Waals surface area contributed by atoms with Crippen LogP contribution < -0.4 is 5.32 Å². The molecular weight excluding hydrogens is 260 g/mol. The van der Waals surface area contributed by atoms with E-state index >= 15 is 0 Å². The number of hydrogen-bond acceptors (Lipinski definition) is 2. The van der Waals surface area contributed by atoms with Gasteiger partial charge in [-0.3, -0.25) is 4.79 Å². The second-order valence-electron chi connectivity index (χ2n) is 5.28. The molecule has 110 valence electrons. The molecule has 0 aromatic heterocycles. The Morgan fingerprint density at radius 3 is 2.19 bits per heavy atom. The van der Waals surface area contributed by atoms with E-state index in [9.17, 15) is 4.79 Å². The summed E-state index contributed by atoms with van der Waals surface area (Å²) in [5.41, 5.74) is 3.68. The van der Waals surface area contributed by atoms with E-state index in [1.165, 1.54) is 16.7 Å². The van der Waals surface area contributed by atoms with E-state index in [2.05, 4.69) is 41.7 Å². The predicted molar refractivity (Wildman–Crippen MR) is 86.9 cm³/mol. The molecular formula is C18H22N2O. The lowest BCUT2D eigenvalue weighted by Crippen LogP contribution is -2.26. The van der Waals surface area contributed by atoms with Gasteiger partial charge in [-0.05, 0) is 16.7 Å². The van der Waals surface area contributed by atoms with Crippen molar-refractivity contribution in [2.24, 2.45) is 0 Å². The zero-order valence-electron chi connectivity index (χ0n) is 12.7. The number of benzene rings is 2. The average Bonchev–Trinajstić information content (AvgIpc) is 2.52. The standard InChI is InChI=1S/C18H22N2O/c1-20(2)18(21)12-13-19-14-15-8-10-17(11-9-15)16-6-4-3-5-7-16/h3-11,19H,12-14H2,1-2H3. The van der Waals surface area contributed by atoms with Gasteiger partial charge in [0.15, 0.2) is 0 Å². The van der Waals surface area contributed by atoms with E-state index < -0.39 is 0 Å². The summed E-state index contributed by atoms with van der Waals surface area (Å²) in [7, 11) is 3.56. The van der Waals surface area contributed by atoms with E-state index in [4.69, 9.17) is 0 Å². The molecule has 0 radical (unpaired) electrons. The molecule has 0 bridgehead atoms. The first-order chi connectivity index (χ1) is 10.2. The van der Waals surface area contributed by atoms with Crippen LogP contribution in [0.1, 0.15) is 12.0 Å². The van der Waals surface area contributed by atoms with Crippen molar-refractivity contribution >= 4 is 5.91 Å². The van der Waals surface area contributed by atoms with Crippen LogP contribution in [0.25, 0.3) is 11.1 Å². The Morgan fingerprint density at radius 1 is 0.952 bits per heavy atom. The number of carbonyl (C=O) groups is 1. The average molecular weight is 282 g/mol. The van der Waals surface area contributed by atoms with Crippen molar-refractivity contribution in [1.29, 1.82) is 0 Å². The van der Waals surface area contributed by atoms with E-state index in [1.807, 2.05) is 18.2 Å². The fourth-order valence-electron chi connectivity index (χ4n) is 2.10. The lowest BCUT2D eigenvalue weighted by Gasteiger charge is -2.10. The maximum absolute atomic E-state index is 11.4. The monoisotopic (exact) mass is 282 g/mol. The highest BCUT2D eigenvalue weighted by molar-refractivity contribution is 5.75. The third kappa shape index (κ3) is 4.72. The van der Waals surface area contributed by atoms with E-state index in [-0.39, 0.29) is 5.91 Å². The van der Waals surface area contributed by atoms with Crippen molar-refractivity contribution in [3.63, 3.8) is 0 Å². The van der Waals surface area contributed by atoms with Crippen molar-refractivity contribution < 1.29 is 4.79 Å². The van der Waals surface area contributed by atoms with E-state index in [0.717, 1.165) is 6.54 Å². The Labute approximate surface area is 126 Å². The Morgan fingerprint density at radius 2 is 1.57 bits per heavy atom. The molecule has 0 saturated carbocycles. The van der Waals surface area contributed by atoms with E-state index in [1.54, 1.807) is 19.0 Å². The van der Waals surface area contributed by atoms with E-state index in [0.29, 0.717) is 13.0 Å². The van der Waals surface area contributed by atoms with Crippen LogP contribution in [0.3, 0.4) is 0 Å². The molecule has 2 aromatic carbocycles. The molecule has 0 aliphatic rings. The van der Waals surface area contributed by atoms with Crippen molar-refractivity contribution in [2.45, 2.75) is 13.0 Å².